The van der Waals surface area contributed by atoms with E-state index in [-0.39, 0.29) is 6.10 Å². The van der Waals surface area contributed by atoms with Gasteiger partial charge in [-0.3, -0.25) is 0 Å². The minimum atomic E-state index is -0.338. The van der Waals surface area contributed by atoms with Crippen molar-refractivity contribution in [2.45, 2.75) is 25.9 Å². The first-order valence-electron chi connectivity index (χ1n) is 6.21. The molecule has 1 saturated heterocycles. The smallest absolute Gasteiger partial charge is 0.0916 e. The summed E-state index contributed by atoms with van der Waals surface area (Å²) < 4.78 is 0. The van der Waals surface area contributed by atoms with Crippen molar-refractivity contribution in [3.05, 3.63) is 35.9 Å². The second-order valence-electron chi connectivity index (χ2n) is 4.91. The third-order valence-electron chi connectivity index (χ3n) is 3.49. The van der Waals surface area contributed by atoms with Gasteiger partial charge in [0.2, 0.25) is 0 Å². The zero-order chi connectivity index (χ0) is 11.4. The zero-order valence-electron chi connectivity index (χ0n) is 9.97. The molecule has 88 valence electrons. The fraction of sp³-hybridized carbons (Fsp3) is 0.571. The van der Waals surface area contributed by atoms with E-state index >= 15 is 0 Å². The molecule has 16 heavy (non-hydrogen) atoms. The van der Waals surface area contributed by atoms with E-state index in [2.05, 4.69) is 11.8 Å². The van der Waals surface area contributed by atoms with Gasteiger partial charge in [-0.2, -0.15) is 0 Å². The van der Waals surface area contributed by atoms with E-state index in [0.29, 0.717) is 0 Å². The lowest BCUT2D eigenvalue weighted by atomic mass is 9.98. The number of aliphatic hydroxyl groups is 1. The molecule has 1 aliphatic rings. The van der Waals surface area contributed by atoms with Gasteiger partial charge in [0.25, 0.3) is 0 Å². The second-order valence-corrected chi connectivity index (χ2v) is 4.91. The highest BCUT2D eigenvalue weighted by molar-refractivity contribution is 5.17. The Morgan fingerprint density at radius 2 is 1.88 bits per heavy atom. The average molecular weight is 219 g/mol. The molecule has 0 spiro atoms. The molecule has 1 atom stereocenters. The fourth-order valence-corrected chi connectivity index (χ4v) is 2.27. The molecule has 2 nitrogen and oxygen atoms in total. The maximum absolute atomic E-state index is 10.1. The summed E-state index contributed by atoms with van der Waals surface area (Å²) >= 11 is 0. The first-order chi connectivity index (χ1) is 7.75. The van der Waals surface area contributed by atoms with Gasteiger partial charge in [-0.05, 0) is 37.4 Å². The van der Waals surface area contributed by atoms with Crippen LogP contribution < -0.4 is 0 Å². The Morgan fingerprint density at radius 1 is 1.25 bits per heavy atom. The van der Waals surface area contributed by atoms with Gasteiger partial charge in [0, 0.05) is 6.54 Å². The monoisotopic (exact) mass is 219 g/mol. The first kappa shape index (κ1) is 11.6. The summed E-state index contributed by atoms with van der Waals surface area (Å²) in [6.07, 6.45) is 2.19. The van der Waals surface area contributed by atoms with E-state index in [0.717, 1.165) is 31.1 Å². The van der Waals surface area contributed by atoms with Gasteiger partial charge in [-0.1, -0.05) is 37.3 Å². The summed E-state index contributed by atoms with van der Waals surface area (Å²) in [4.78, 5) is 2.37. The minimum Gasteiger partial charge on any atom is -0.387 e. The van der Waals surface area contributed by atoms with Gasteiger partial charge in [-0.25, -0.2) is 0 Å². The molecule has 0 amide bonds. The van der Waals surface area contributed by atoms with Crippen molar-refractivity contribution in [3.63, 3.8) is 0 Å². The molecule has 0 unspecified atom stereocenters. The Bertz CT molecular complexity index is 304. The van der Waals surface area contributed by atoms with Crippen LogP contribution in [-0.4, -0.2) is 29.6 Å². The van der Waals surface area contributed by atoms with E-state index in [1.165, 1.54) is 12.8 Å². The van der Waals surface area contributed by atoms with Gasteiger partial charge >= 0.3 is 0 Å². The topological polar surface area (TPSA) is 23.5 Å². The van der Waals surface area contributed by atoms with Gasteiger partial charge in [0.05, 0.1) is 6.10 Å². The average Bonchev–Trinajstić information content (AvgIpc) is 2.33. The third kappa shape index (κ3) is 3.06. The first-order valence-corrected chi connectivity index (χ1v) is 6.21. The Labute approximate surface area is 97.9 Å². The van der Waals surface area contributed by atoms with E-state index in [9.17, 15) is 5.11 Å². The second kappa shape index (κ2) is 5.46. The largest absolute Gasteiger partial charge is 0.387 e. The van der Waals surface area contributed by atoms with Crippen molar-refractivity contribution in [2.75, 3.05) is 19.6 Å². The van der Waals surface area contributed by atoms with Crippen molar-refractivity contribution in [3.8, 4) is 0 Å². The van der Waals surface area contributed by atoms with Crippen LogP contribution in [0, 0.1) is 5.92 Å². The highest BCUT2D eigenvalue weighted by Crippen LogP contribution is 2.19. The molecule has 2 heteroatoms. The van der Waals surface area contributed by atoms with Crippen LogP contribution >= 0.6 is 0 Å². The number of rotatable bonds is 3. The molecular formula is C14H21NO. The molecule has 1 aliphatic heterocycles. The number of hydrogen-bond acceptors (Lipinski definition) is 2. The molecule has 1 heterocycles. The van der Waals surface area contributed by atoms with Crippen molar-refractivity contribution in [2.24, 2.45) is 5.92 Å². The van der Waals surface area contributed by atoms with Gasteiger partial charge < -0.3 is 10.0 Å². The van der Waals surface area contributed by atoms with Crippen LogP contribution in [0.3, 0.4) is 0 Å². The lowest BCUT2D eigenvalue weighted by Crippen LogP contribution is -2.35. The molecule has 2 rings (SSSR count). The van der Waals surface area contributed by atoms with Crippen molar-refractivity contribution in [1.29, 1.82) is 0 Å². The van der Waals surface area contributed by atoms with Crippen molar-refractivity contribution < 1.29 is 5.11 Å². The van der Waals surface area contributed by atoms with Crippen LogP contribution in [0.2, 0.25) is 0 Å². The van der Waals surface area contributed by atoms with Crippen molar-refractivity contribution >= 4 is 0 Å². The van der Waals surface area contributed by atoms with Gasteiger partial charge in [-0.15, -0.1) is 0 Å². The van der Waals surface area contributed by atoms with Crippen LogP contribution in [0.4, 0.5) is 0 Å². The summed E-state index contributed by atoms with van der Waals surface area (Å²) in [6, 6.07) is 9.95. The Hall–Kier alpha value is -0.860. The number of β-amino-alcohol motifs (C(OH)–C–C–N with tert-alkyl or cyclic N) is 1. The minimum absolute atomic E-state index is 0.338. The van der Waals surface area contributed by atoms with Crippen LogP contribution in [0.15, 0.2) is 30.3 Å². The molecule has 0 radical (unpaired) electrons. The number of hydrogen-bond donors (Lipinski definition) is 1. The molecule has 1 aromatic rings. The number of piperidine rings is 1. The molecular weight excluding hydrogens is 198 g/mol. The highest BCUT2D eigenvalue weighted by atomic mass is 16.3. The predicted octanol–water partition coefficient (Wildman–Crippen LogP) is 2.45. The maximum atomic E-state index is 10.1. The molecule has 1 aromatic carbocycles. The van der Waals surface area contributed by atoms with Gasteiger partial charge in [0.1, 0.15) is 0 Å². The van der Waals surface area contributed by atoms with Crippen molar-refractivity contribution in [1.82, 2.24) is 4.90 Å². The van der Waals surface area contributed by atoms with Crippen LogP contribution in [0.25, 0.3) is 0 Å². The van der Waals surface area contributed by atoms with E-state index in [1.807, 2.05) is 30.3 Å². The highest BCUT2D eigenvalue weighted by Gasteiger charge is 2.18. The lowest BCUT2D eigenvalue weighted by Gasteiger charge is -2.31. The molecule has 0 aliphatic carbocycles. The van der Waals surface area contributed by atoms with Crippen LogP contribution in [0.1, 0.15) is 31.4 Å². The molecule has 0 aromatic heterocycles. The third-order valence-corrected chi connectivity index (χ3v) is 3.49. The van der Waals surface area contributed by atoms with E-state index in [4.69, 9.17) is 0 Å². The van der Waals surface area contributed by atoms with Crippen LogP contribution in [-0.2, 0) is 0 Å². The summed E-state index contributed by atoms with van der Waals surface area (Å²) in [5.74, 6) is 0.852. The number of nitrogens with zero attached hydrogens (tertiary/aromatic N) is 1. The zero-order valence-corrected chi connectivity index (χ0v) is 9.97. The SMILES string of the molecule is CC1CCN(C[C@@H](O)c2ccccc2)CC1. The maximum Gasteiger partial charge on any atom is 0.0916 e. The molecule has 0 saturated carbocycles. The summed E-state index contributed by atoms with van der Waals surface area (Å²) in [5.41, 5.74) is 1.03. The van der Waals surface area contributed by atoms with E-state index in [1.54, 1.807) is 0 Å². The predicted molar refractivity (Wildman–Crippen MR) is 66.2 cm³/mol. The number of aliphatic hydroxyl groups excluding tert-OH is 1. The molecule has 1 fully saturated rings. The normalized spacial score (nSPS) is 20.9. The standard InChI is InChI=1S/C14H21NO/c1-12-7-9-15(10-8-12)11-14(16)13-5-3-2-4-6-13/h2-6,12,14,16H,7-11H2,1H3/t14-/m1/s1. The Kier molecular flexibility index (Phi) is 3.97. The summed E-state index contributed by atoms with van der Waals surface area (Å²) in [5, 5.41) is 10.1. The van der Waals surface area contributed by atoms with Crippen LogP contribution in [0.5, 0.6) is 0 Å². The number of likely N-dealkylation sites (tertiary alicyclic amines) is 1. The molecule has 1 N–H and O–H groups in total. The lowest BCUT2D eigenvalue weighted by molar-refractivity contribution is 0.0916. The molecule has 0 bridgehead atoms. The fourth-order valence-electron chi connectivity index (χ4n) is 2.27. The Morgan fingerprint density at radius 3 is 2.50 bits per heavy atom. The van der Waals surface area contributed by atoms with E-state index < -0.39 is 0 Å². The quantitative estimate of drug-likeness (QED) is 0.844. The Balaban J connectivity index is 1.86. The van der Waals surface area contributed by atoms with Gasteiger partial charge in [0.15, 0.2) is 0 Å². The number of benzene rings is 1. The summed E-state index contributed by atoms with van der Waals surface area (Å²) in [7, 11) is 0. The summed E-state index contributed by atoms with van der Waals surface area (Å²) in [6.45, 7) is 5.35.